The maximum atomic E-state index is 12.8. The number of unbranched alkanes of at least 4 members (excludes halogenated alkanes) is 22. The second-order valence-electron chi connectivity index (χ2n) is 16.3. The van der Waals surface area contributed by atoms with Crippen molar-refractivity contribution in [1.82, 2.24) is 0 Å². The van der Waals surface area contributed by atoms with Gasteiger partial charge in [0.25, 0.3) is 0 Å². The summed E-state index contributed by atoms with van der Waals surface area (Å²) in [7, 11) is -5.12. The van der Waals surface area contributed by atoms with E-state index in [2.05, 4.69) is 38.2 Å². The molecule has 0 aromatic carbocycles. The van der Waals surface area contributed by atoms with Crippen molar-refractivity contribution in [3.63, 3.8) is 0 Å². The van der Waals surface area contributed by atoms with Crippen LogP contribution in [-0.2, 0) is 32.7 Å². The van der Waals surface area contributed by atoms with Gasteiger partial charge in [0.1, 0.15) is 43.2 Å². The average molecular weight is 863 g/mol. The summed E-state index contributed by atoms with van der Waals surface area (Å²) in [5.41, 5.74) is 0. The van der Waals surface area contributed by atoms with Crippen molar-refractivity contribution in [1.29, 1.82) is 0 Å². The van der Waals surface area contributed by atoms with Crippen LogP contribution in [0.5, 0.6) is 0 Å². The molecule has 14 heteroatoms. The van der Waals surface area contributed by atoms with Crippen molar-refractivity contribution in [2.24, 2.45) is 0 Å². The van der Waals surface area contributed by atoms with E-state index in [-0.39, 0.29) is 12.8 Å². The van der Waals surface area contributed by atoms with Crippen molar-refractivity contribution in [2.75, 3.05) is 13.2 Å². The lowest BCUT2D eigenvalue weighted by Gasteiger charge is -2.41. The first-order valence-corrected chi connectivity index (χ1v) is 24.6. The highest BCUT2D eigenvalue weighted by Gasteiger charge is 2.51. The highest BCUT2D eigenvalue weighted by Crippen LogP contribution is 2.47. The van der Waals surface area contributed by atoms with Crippen molar-refractivity contribution >= 4 is 19.8 Å². The molecule has 0 aromatic rings. The van der Waals surface area contributed by atoms with Crippen LogP contribution >= 0.6 is 7.82 Å². The number of hydrogen-bond acceptors (Lipinski definition) is 12. The van der Waals surface area contributed by atoms with Crippen LogP contribution in [0.2, 0.25) is 0 Å². The lowest BCUT2D eigenvalue weighted by molar-refractivity contribution is -0.220. The Kier molecular flexibility index (Phi) is 33.7. The van der Waals surface area contributed by atoms with Crippen LogP contribution in [-0.4, -0.2) is 98.3 Å². The summed E-state index contributed by atoms with van der Waals surface area (Å²) in [6.45, 7) is 3.25. The van der Waals surface area contributed by atoms with Crippen molar-refractivity contribution < 1.29 is 63.1 Å². The number of aliphatic hydroxyl groups excluding tert-OH is 5. The van der Waals surface area contributed by atoms with Gasteiger partial charge >= 0.3 is 19.8 Å². The fraction of sp³-hybridized carbons (Fsp3) is 0.867. The van der Waals surface area contributed by atoms with Gasteiger partial charge in [-0.05, 0) is 38.5 Å². The van der Waals surface area contributed by atoms with E-state index in [1.807, 2.05) is 0 Å². The smallest absolute Gasteiger partial charge is 0.462 e. The van der Waals surface area contributed by atoms with Crippen molar-refractivity contribution in [3.8, 4) is 0 Å². The van der Waals surface area contributed by atoms with E-state index in [0.717, 1.165) is 70.6 Å². The number of carbonyl (C=O) groups is 2. The number of esters is 2. The summed E-state index contributed by atoms with van der Waals surface area (Å²) < 4.78 is 33.5. The molecule has 1 aliphatic carbocycles. The molecule has 6 N–H and O–H groups in total. The number of phosphoric acid groups is 1. The molecule has 6 unspecified atom stereocenters. The van der Waals surface area contributed by atoms with Gasteiger partial charge in [0.2, 0.25) is 0 Å². The van der Waals surface area contributed by atoms with Gasteiger partial charge in [-0.15, -0.1) is 0 Å². The van der Waals surface area contributed by atoms with Crippen LogP contribution in [0.3, 0.4) is 0 Å². The summed E-state index contributed by atoms with van der Waals surface area (Å²) in [5.74, 6) is -1.11. The van der Waals surface area contributed by atoms with Gasteiger partial charge in [-0.1, -0.05) is 167 Å². The standard InChI is InChI=1S/C45H83O13P/c1-3-5-7-9-11-13-15-17-19-20-22-24-26-28-30-32-34-39(47)57-37(36-56-59(53,54)58-45-43(51)41(49)40(48)42(50)44(45)52)35-55-38(46)33-31-29-27-25-23-21-18-16-14-12-10-8-6-4-2/h10,12,16,18,37,40-45,48-52H,3-9,11,13-15,17,19-36H2,1-2H3,(H,53,54)/b12-10-,18-16-/t37-,40?,41-,42?,43?,44?,45?/m1/s1. The van der Waals surface area contributed by atoms with Crippen LogP contribution in [0.1, 0.15) is 194 Å². The first-order chi connectivity index (χ1) is 28.4. The van der Waals surface area contributed by atoms with Gasteiger partial charge in [0.15, 0.2) is 6.10 Å². The molecule has 1 fully saturated rings. The average Bonchev–Trinajstić information content (AvgIpc) is 3.21. The summed E-state index contributed by atoms with van der Waals surface area (Å²) in [6.07, 6.45) is 25.2. The molecule has 59 heavy (non-hydrogen) atoms. The Hall–Kier alpha value is -1.67. The molecule has 0 spiro atoms. The predicted molar refractivity (Wildman–Crippen MR) is 230 cm³/mol. The number of carbonyl (C=O) groups excluding carboxylic acids is 2. The lowest BCUT2D eigenvalue weighted by atomic mass is 9.85. The number of rotatable bonds is 38. The van der Waals surface area contributed by atoms with Crippen LogP contribution in [0, 0.1) is 0 Å². The SMILES string of the molecule is CCCC/C=C\C/C=C\CCCCCCCC(=O)OC[C@H](COP(=O)(O)OC1C(O)C(O)C(O)[C@@H](O)C1O)OC(=O)CCCCCCCCCCCCCCCCCC. The third-order valence-corrected chi connectivity index (χ3v) is 11.8. The second kappa shape index (κ2) is 35.9. The van der Waals surface area contributed by atoms with Gasteiger partial charge < -0.3 is 39.9 Å². The first kappa shape index (κ1) is 55.3. The minimum absolute atomic E-state index is 0.0978. The normalized spacial score (nSPS) is 22.5. The molecule has 1 saturated carbocycles. The third kappa shape index (κ3) is 28.5. The zero-order valence-electron chi connectivity index (χ0n) is 36.6. The number of hydrogen-bond donors (Lipinski definition) is 6. The summed E-state index contributed by atoms with van der Waals surface area (Å²) >= 11 is 0. The maximum Gasteiger partial charge on any atom is 0.472 e. The molecule has 1 aliphatic rings. The maximum absolute atomic E-state index is 12.8. The van der Waals surface area contributed by atoms with E-state index < -0.39 is 75.7 Å². The number of phosphoric ester groups is 1. The summed E-state index contributed by atoms with van der Waals surface area (Å²) in [6, 6.07) is 0. The minimum Gasteiger partial charge on any atom is -0.462 e. The molecule has 1 rings (SSSR count). The van der Waals surface area contributed by atoms with Crippen LogP contribution < -0.4 is 0 Å². The monoisotopic (exact) mass is 863 g/mol. The molecule has 0 amide bonds. The van der Waals surface area contributed by atoms with Crippen molar-refractivity contribution in [2.45, 2.75) is 236 Å². The summed E-state index contributed by atoms with van der Waals surface area (Å²) in [4.78, 5) is 35.7. The van der Waals surface area contributed by atoms with Crippen molar-refractivity contribution in [3.05, 3.63) is 24.3 Å². The fourth-order valence-corrected chi connectivity index (χ4v) is 7.98. The molecule has 13 nitrogen and oxygen atoms in total. The molecule has 0 aliphatic heterocycles. The van der Waals surface area contributed by atoms with Gasteiger partial charge in [-0.2, -0.15) is 0 Å². The fourth-order valence-electron chi connectivity index (χ4n) is 7.01. The van der Waals surface area contributed by atoms with E-state index in [9.17, 15) is 44.6 Å². The Labute approximate surface area is 356 Å². The Morgan fingerprint density at radius 3 is 1.42 bits per heavy atom. The Morgan fingerprint density at radius 1 is 0.525 bits per heavy atom. The molecule has 0 heterocycles. The molecule has 346 valence electrons. The van der Waals surface area contributed by atoms with E-state index >= 15 is 0 Å². The van der Waals surface area contributed by atoms with Gasteiger partial charge in [0.05, 0.1) is 6.61 Å². The zero-order valence-corrected chi connectivity index (χ0v) is 37.4. The third-order valence-electron chi connectivity index (χ3n) is 10.8. The van der Waals surface area contributed by atoms with Crippen LogP contribution in [0.4, 0.5) is 0 Å². The Balaban J connectivity index is 2.46. The number of allylic oxidation sites excluding steroid dienone is 4. The van der Waals surface area contributed by atoms with Gasteiger partial charge in [-0.3, -0.25) is 18.6 Å². The van der Waals surface area contributed by atoms with Crippen LogP contribution in [0.15, 0.2) is 24.3 Å². The zero-order chi connectivity index (χ0) is 43.6. The molecular weight excluding hydrogens is 779 g/mol. The van der Waals surface area contributed by atoms with Gasteiger partial charge in [-0.25, -0.2) is 4.57 Å². The van der Waals surface area contributed by atoms with Crippen LogP contribution in [0.25, 0.3) is 0 Å². The molecule has 0 radical (unpaired) electrons. The summed E-state index contributed by atoms with van der Waals surface area (Å²) in [5, 5.41) is 50.1. The predicted octanol–water partition coefficient (Wildman–Crippen LogP) is 8.84. The Bertz CT molecular complexity index is 1130. The van der Waals surface area contributed by atoms with E-state index in [0.29, 0.717) is 12.8 Å². The van der Waals surface area contributed by atoms with E-state index in [1.54, 1.807) is 0 Å². The largest absolute Gasteiger partial charge is 0.472 e. The quantitative estimate of drug-likeness (QED) is 0.0149. The minimum atomic E-state index is -5.12. The molecular formula is C45H83O13P. The lowest BCUT2D eigenvalue weighted by Crippen LogP contribution is -2.64. The highest BCUT2D eigenvalue weighted by atomic mass is 31.2. The molecule has 0 aromatic heterocycles. The Morgan fingerprint density at radius 2 is 0.932 bits per heavy atom. The molecule has 0 bridgehead atoms. The molecule has 8 atom stereocenters. The van der Waals surface area contributed by atoms with E-state index in [4.69, 9.17) is 18.5 Å². The second-order valence-corrected chi connectivity index (χ2v) is 17.7. The van der Waals surface area contributed by atoms with Gasteiger partial charge in [0, 0.05) is 12.8 Å². The topological polar surface area (TPSA) is 210 Å². The van der Waals surface area contributed by atoms with E-state index in [1.165, 1.54) is 83.5 Å². The molecule has 0 saturated heterocycles. The number of aliphatic hydroxyl groups is 5. The number of ether oxygens (including phenoxy) is 2. The first-order valence-electron chi connectivity index (χ1n) is 23.1. The highest BCUT2D eigenvalue weighted by molar-refractivity contribution is 7.47.